The molecule has 0 spiro atoms. The molecule has 0 atom stereocenters. The predicted octanol–water partition coefficient (Wildman–Crippen LogP) is 3.44. The molecule has 0 aliphatic heterocycles. The second kappa shape index (κ2) is 8.72. The van der Waals surface area contributed by atoms with Crippen molar-refractivity contribution in [3.8, 4) is 11.3 Å². The number of carbonyl (C=O) groups excluding carboxylic acids is 1. The highest BCUT2D eigenvalue weighted by atomic mass is 32.2. The number of hydrogen-bond donors (Lipinski definition) is 1. The zero-order chi connectivity index (χ0) is 21.9. The van der Waals surface area contributed by atoms with Crippen molar-refractivity contribution in [3.05, 3.63) is 66.2 Å². The van der Waals surface area contributed by atoms with Crippen molar-refractivity contribution >= 4 is 21.6 Å². The molecule has 1 N–H and O–H groups in total. The van der Waals surface area contributed by atoms with Gasteiger partial charge in [0.05, 0.1) is 16.7 Å². The molecule has 1 heterocycles. The van der Waals surface area contributed by atoms with Gasteiger partial charge in [0.15, 0.2) is 11.7 Å². The Kier molecular flexibility index (Phi) is 6.28. The molecule has 7 nitrogen and oxygen atoms in total. The SMILES string of the molecule is CN(C)S(=O)(=O)c1ccc(NC(=O)CCc2ncc(-c3ccc(F)cc3F)o2)cc1. The molecule has 1 aromatic heterocycles. The Morgan fingerprint density at radius 3 is 2.47 bits per heavy atom. The first-order chi connectivity index (χ1) is 14.2. The largest absolute Gasteiger partial charge is 0.441 e. The van der Waals surface area contributed by atoms with Crippen molar-refractivity contribution in [2.75, 3.05) is 19.4 Å². The summed E-state index contributed by atoms with van der Waals surface area (Å²) in [5.74, 6) is -1.42. The van der Waals surface area contributed by atoms with Gasteiger partial charge < -0.3 is 9.73 Å². The number of sulfonamides is 1. The summed E-state index contributed by atoms with van der Waals surface area (Å²) >= 11 is 0. The molecule has 10 heteroatoms. The van der Waals surface area contributed by atoms with E-state index in [-0.39, 0.29) is 40.9 Å². The predicted molar refractivity (Wildman–Crippen MR) is 106 cm³/mol. The lowest BCUT2D eigenvalue weighted by atomic mass is 10.2. The normalized spacial score (nSPS) is 11.6. The maximum absolute atomic E-state index is 13.8. The fraction of sp³-hybridized carbons (Fsp3) is 0.200. The van der Waals surface area contributed by atoms with Gasteiger partial charge in [-0.3, -0.25) is 4.79 Å². The Morgan fingerprint density at radius 1 is 1.13 bits per heavy atom. The van der Waals surface area contributed by atoms with E-state index in [1.165, 1.54) is 50.6 Å². The third-order valence-electron chi connectivity index (χ3n) is 4.23. The highest BCUT2D eigenvalue weighted by Gasteiger charge is 2.17. The van der Waals surface area contributed by atoms with Gasteiger partial charge in [-0.15, -0.1) is 0 Å². The van der Waals surface area contributed by atoms with Gasteiger partial charge in [0.1, 0.15) is 11.6 Å². The molecule has 0 saturated carbocycles. The van der Waals surface area contributed by atoms with E-state index in [1.807, 2.05) is 0 Å². The Balaban J connectivity index is 1.58. The number of oxazole rings is 1. The second-order valence-corrected chi connectivity index (χ2v) is 8.75. The summed E-state index contributed by atoms with van der Waals surface area (Å²) in [5, 5.41) is 2.66. The molecule has 0 radical (unpaired) electrons. The lowest BCUT2D eigenvalue weighted by Gasteiger charge is -2.12. The van der Waals surface area contributed by atoms with Gasteiger partial charge >= 0.3 is 0 Å². The number of aromatic nitrogens is 1. The molecular weight excluding hydrogens is 416 g/mol. The van der Waals surface area contributed by atoms with Crippen molar-refractivity contribution in [3.63, 3.8) is 0 Å². The molecular formula is C20H19F2N3O4S. The van der Waals surface area contributed by atoms with Crippen LogP contribution in [0.2, 0.25) is 0 Å². The number of benzene rings is 2. The highest BCUT2D eigenvalue weighted by molar-refractivity contribution is 7.89. The summed E-state index contributed by atoms with van der Waals surface area (Å²) in [7, 11) is -0.674. The molecule has 2 aromatic carbocycles. The minimum Gasteiger partial charge on any atom is -0.441 e. The van der Waals surface area contributed by atoms with Crippen LogP contribution in [0.5, 0.6) is 0 Å². The first kappa shape index (κ1) is 21.6. The smallest absolute Gasteiger partial charge is 0.242 e. The highest BCUT2D eigenvalue weighted by Crippen LogP contribution is 2.24. The van der Waals surface area contributed by atoms with E-state index in [9.17, 15) is 22.0 Å². The van der Waals surface area contributed by atoms with E-state index < -0.39 is 21.7 Å². The fourth-order valence-electron chi connectivity index (χ4n) is 2.60. The summed E-state index contributed by atoms with van der Waals surface area (Å²) in [6, 6.07) is 8.92. The molecule has 3 rings (SSSR count). The Hall–Kier alpha value is -3.11. The van der Waals surface area contributed by atoms with Gasteiger partial charge in [0, 0.05) is 38.7 Å². The first-order valence-electron chi connectivity index (χ1n) is 8.89. The maximum atomic E-state index is 13.8. The summed E-state index contributed by atoms with van der Waals surface area (Å²) in [5.41, 5.74) is 0.520. The van der Waals surface area contributed by atoms with Gasteiger partial charge in [-0.2, -0.15) is 0 Å². The number of hydrogen-bond acceptors (Lipinski definition) is 5. The van der Waals surface area contributed by atoms with Crippen LogP contribution in [0.25, 0.3) is 11.3 Å². The Bertz CT molecular complexity index is 1160. The molecule has 0 fully saturated rings. The Labute approximate surface area is 172 Å². The number of nitrogens with zero attached hydrogens (tertiary/aromatic N) is 2. The summed E-state index contributed by atoms with van der Waals surface area (Å²) in [4.78, 5) is 16.3. The molecule has 0 aliphatic rings. The first-order valence-corrected chi connectivity index (χ1v) is 10.3. The maximum Gasteiger partial charge on any atom is 0.242 e. The van der Waals surface area contributed by atoms with Gasteiger partial charge in [0.25, 0.3) is 0 Å². The lowest BCUT2D eigenvalue weighted by molar-refractivity contribution is -0.116. The molecule has 1 amide bonds. The van der Waals surface area contributed by atoms with Crippen molar-refractivity contribution in [2.24, 2.45) is 0 Å². The van der Waals surface area contributed by atoms with Crippen LogP contribution in [0, 0.1) is 11.6 Å². The molecule has 30 heavy (non-hydrogen) atoms. The van der Waals surface area contributed by atoms with Crippen molar-refractivity contribution < 1.29 is 26.4 Å². The summed E-state index contributed by atoms with van der Waals surface area (Å²) in [6.07, 6.45) is 1.53. The minimum absolute atomic E-state index is 0.0452. The van der Waals surface area contributed by atoms with Crippen LogP contribution in [-0.4, -0.2) is 37.7 Å². The van der Waals surface area contributed by atoms with Crippen LogP contribution in [0.1, 0.15) is 12.3 Å². The topological polar surface area (TPSA) is 92.5 Å². The van der Waals surface area contributed by atoms with E-state index in [0.29, 0.717) is 5.69 Å². The molecule has 0 aliphatic carbocycles. The van der Waals surface area contributed by atoms with Gasteiger partial charge in [-0.1, -0.05) is 0 Å². The molecule has 3 aromatic rings. The van der Waals surface area contributed by atoms with Crippen LogP contribution >= 0.6 is 0 Å². The van der Waals surface area contributed by atoms with Crippen molar-refractivity contribution in [2.45, 2.75) is 17.7 Å². The van der Waals surface area contributed by atoms with Gasteiger partial charge in [-0.05, 0) is 36.4 Å². The fourth-order valence-corrected chi connectivity index (χ4v) is 3.51. The van der Waals surface area contributed by atoms with E-state index in [0.717, 1.165) is 16.4 Å². The number of carbonyl (C=O) groups is 1. The number of halogens is 2. The van der Waals surface area contributed by atoms with Crippen LogP contribution in [-0.2, 0) is 21.2 Å². The van der Waals surface area contributed by atoms with E-state index in [4.69, 9.17) is 4.42 Å². The van der Waals surface area contributed by atoms with Crippen molar-refractivity contribution in [1.82, 2.24) is 9.29 Å². The quantitative estimate of drug-likeness (QED) is 0.614. The number of anilines is 1. The zero-order valence-electron chi connectivity index (χ0n) is 16.2. The monoisotopic (exact) mass is 435 g/mol. The lowest BCUT2D eigenvalue weighted by Crippen LogP contribution is -2.22. The molecule has 0 saturated heterocycles. The van der Waals surface area contributed by atoms with E-state index in [1.54, 1.807) is 0 Å². The Morgan fingerprint density at radius 2 is 1.83 bits per heavy atom. The molecule has 0 bridgehead atoms. The average molecular weight is 435 g/mol. The summed E-state index contributed by atoms with van der Waals surface area (Å²) < 4.78 is 57.5. The number of aryl methyl sites for hydroxylation is 1. The van der Waals surface area contributed by atoms with E-state index >= 15 is 0 Å². The molecule has 0 unspecified atom stereocenters. The van der Waals surface area contributed by atoms with Crippen LogP contribution < -0.4 is 5.32 Å². The summed E-state index contributed by atoms with van der Waals surface area (Å²) in [6.45, 7) is 0. The third-order valence-corrected chi connectivity index (χ3v) is 6.06. The van der Waals surface area contributed by atoms with Crippen molar-refractivity contribution in [1.29, 1.82) is 0 Å². The van der Waals surface area contributed by atoms with Gasteiger partial charge in [0.2, 0.25) is 15.9 Å². The van der Waals surface area contributed by atoms with Crippen LogP contribution in [0.3, 0.4) is 0 Å². The van der Waals surface area contributed by atoms with E-state index in [2.05, 4.69) is 10.3 Å². The molecule has 158 valence electrons. The van der Waals surface area contributed by atoms with Gasteiger partial charge in [-0.25, -0.2) is 26.5 Å². The number of amides is 1. The number of nitrogens with one attached hydrogen (secondary N) is 1. The average Bonchev–Trinajstić information content (AvgIpc) is 3.15. The van der Waals surface area contributed by atoms with Crippen LogP contribution in [0.4, 0.5) is 14.5 Å². The third kappa shape index (κ3) is 4.89. The minimum atomic E-state index is -3.54. The zero-order valence-corrected chi connectivity index (χ0v) is 17.0. The standard InChI is InChI=1S/C20H19F2N3O4S/c1-25(2)30(27,28)15-6-4-14(5-7-15)24-19(26)9-10-20-23-12-18(29-20)16-8-3-13(21)11-17(16)22/h3-8,11-12H,9-10H2,1-2H3,(H,24,26). The second-order valence-electron chi connectivity index (χ2n) is 6.60. The number of rotatable bonds is 7. The van der Waals surface area contributed by atoms with Crippen LogP contribution in [0.15, 0.2) is 58.0 Å².